The zero-order valence-electron chi connectivity index (χ0n) is 11.9. The van der Waals surface area contributed by atoms with Crippen LogP contribution < -0.4 is 5.32 Å². The molecule has 0 aromatic heterocycles. The number of rotatable bonds is 4. The second-order valence-corrected chi connectivity index (χ2v) is 5.39. The highest BCUT2D eigenvalue weighted by Crippen LogP contribution is 2.20. The van der Waals surface area contributed by atoms with Crippen LogP contribution in [0.2, 0.25) is 0 Å². The van der Waals surface area contributed by atoms with Gasteiger partial charge in [0.2, 0.25) is 0 Å². The van der Waals surface area contributed by atoms with Gasteiger partial charge in [-0.3, -0.25) is 4.79 Å². The summed E-state index contributed by atoms with van der Waals surface area (Å²) in [6.07, 6.45) is 1.03. The Morgan fingerprint density at radius 3 is 2.67 bits per heavy atom. The van der Waals surface area contributed by atoms with Crippen molar-refractivity contribution in [1.82, 2.24) is 5.32 Å². The molecule has 1 atom stereocenters. The Labute approximate surface area is 124 Å². The molecule has 3 heteroatoms. The molecule has 3 nitrogen and oxygen atoms in total. The Hall–Kier alpha value is -2.13. The second kappa shape index (κ2) is 6.55. The van der Waals surface area contributed by atoms with Gasteiger partial charge in [-0.05, 0) is 29.7 Å². The summed E-state index contributed by atoms with van der Waals surface area (Å²) in [5.74, 6) is 0.436. The van der Waals surface area contributed by atoms with E-state index in [-0.39, 0.29) is 5.91 Å². The lowest BCUT2D eigenvalue weighted by molar-refractivity contribution is 0.0945. The first-order valence-corrected chi connectivity index (χ1v) is 7.34. The Morgan fingerprint density at radius 2 is 1.90 bits per heavy atom. The van der Waals surface area contributed by atoms with Gasteiger partial charge in [0.05, 0.1) is 6.61 Å². The highest BCUT2D eigenvalue weighted by atomic mass is 16.5. The van der Waals surface area contributed by atoms with Gasteiger partial charge in [0.25, 0.3) is 5.91 Å². The maximum atomic E-state index is 12.2. The largest absolute Gasteiger partial charge is 0.381 e. The average molecular weight is 281 g/mol. The van der Waals surface area contributed by atoms with E-state index in [9.17, 15) is 4.79 Å². The number of carbonyl (C=O) groups is 1. The first-order chi connectivity index (χ1) is 10.3. The van der Waals surface area contributed by atoms with Gasteiger partial charge in [-0.15, -0.1) is 0 Å². The Morgan fingerprint density at radius 1 is 1.10 bits per heavy atom. The highest BCUT2D eigenvalue weighted by Gasteiger charge is 2.16. The number of amides is 1. The molecule has 0 aliphatic carbocycles. The highest BCUT2D eigenvalue weighted by molar-refractivity contribution is 5.95. The van der Waals surface area contributed by atoms with E-state index >= 15 is 0 Å². The van der Waals surface area contributed by atoms with Gasteiger partial charge in [-0.2, -0.15) is 0 Å². The van der Waals surface area contributed by atoms with Crippen molar-refractivity contribution in [2.45, 2.75) is 6.42 Å². The molecule has 0 bridgehead atoms. The monoisotopic (exact) mass is 281 g/mol. The van der Waals surface area contributed by atoms with E-state index in [0.717, 1.165) is 30.8 Å². The van der Waals surface area contributed by atoms with Crippen LogP contribution >= 0.6 is 0 Å². The molecule has 1 heterocycles. The van der Waals surface area contributed by atoms with E-state index in [1.807, 2.05) is 54.6 Å². The van der Waals surface area contributed by atoms with Crippen LogP contribution in [0.25, 0.3) is 11.1 Å². The molecule has 1 aliphatic rings. The Bertz CT molecular complexity index is 604. The first kappa shape index (κ1) is 13.8. The van der Waals surface area contributed by atoms with Crippen molar-refractivity contribution in [3.63, 3.8) is 0 Å². The van der Waals surface area contributed by atoms with E-state index in [0.29, 0.717) is 18.0 Å². The van der Waals surface area contributed by atoms with Crippen molar-refractivity contribution in [2.24, 2.45) is 5.92 Å². The molecule has 1 fully saturated rings. The summed E-state index contributed by atoms with van der Waals surface area (Å²) in [6.45, 7) is 2.25. The molecular weight excluding hydrogens is 262 g/mol. The molecule has 0 saturated carbocycles. The van der Waals surface area contributed by atoms with Gasteiger partial charge in [0.15, 0.2) is 0 Å². The normalized spacial score (nSPS) is 17.6. The third-order valence-corrected chi connectivity index (χ3v) is 3.81. The molecule has 1 amide bonds. The number of hydrogen-bond donors (Lipinski definition) is 1. The van der Waals surface area contributed by atoms with E-state index in [1.165, 1.54) is 0 Å². The van der Waals surface area contributed by atoms with Gasteiger partial charge < -0.3 is 10.1 Å². The molecule has 1 aliphatic heterocycles. The van der Waals surface area contributed by atoms with Crippen molar-refractivity contribution in [1.29, 1.82) is 0 Å². The number of hydrogen-bond acceptors (Lipinski definition) is 2. The summed E-state index contributed by atoms with van der Waals surface area (Å²) in [7, 11) is 0. The van der Waals surface area contributed by atoms with Gasteiger partial charge >= 0.3 is 0 Å². The van der Waals surface area contributed by atoms with Crippen LogP contribution in [-0.4, -0.2) is 25.7 Å². The maximum Gasteiger partial charge on any atom is 0.251 e. The van der Waals surface area contributed by atoms with Crippen molar-refractivity contribution in [3.05, 3.63) is 60.2 Å². The lowest BCUT2D eigenvalue weighted by Gasteiger charge is -2.10. The number of nitrogens with one attached hydrogen (secondary N) is 1. The van der Waals surface area contributed by atoms with Gasteiger partial charge in [-0.25, -0.2) is 0 Å². The summed E-state index contributed by atoms with van der Waals surface area (Å²) < 4.78 is 5.32. The van der Waals surface area contributed by atoms with Gasteiger partial charge in [0.1, 0.15) is 0 Å². The summed E-state index contributed by atoms with van der Waals surface area (Å²) in [4.78, 5) is 12.2. The molecule has 21 heavy (non-hydrogen) atoms. The zero-order chi connectivity index (χ0) is 14.5. The van der Waals surface area contributed by atoms with Crippen LogP contribution in [0.4, 0.5) is 0 Å². The summed E-state index contributed by atoms with van der Waals surface area (Å²) >= 11 is 0. The van der Waals surface area contributed by atoms with E-state index in [2.05, 4.69) is 5.32 Å². The molecule has 3 rings (SSSR count). The minimum Gasteiger partial charge on any atom is -0.381 e. The molecule has 0 spiro atoms. The molecule has 108 valence electrons. The molecule has 1 N–H and O–H groups in total. The quantitative estimate of drug-likeness (QED) is 0.935. The minimum absolute atomic E-state index is 0.0142. The average Bonchev–Trinajstić information content (AvgIpc) is 3.07. The predicted octanol–water partition coefficient (Wildman–Crippen LogP) is 3.12. The van der Waals surface area contributed by atoms with Crippen LogP contribution in [0.5, 0.6) is 0 Å². The maximum absolute atomic E-state index is 12.2. The minimum atomic E-state index is -0.0142. The van der Waals surface area contributed by atoms with Crippen molar-refractivity contribution in [3.8, 4) is 11.1 Å². The number of benzene rings is 2. The zero-order valence-corrected chi connectivity index (χ0v) is 11.9. The van der Waals surface area contributed by atoms with Crippen LogP contribution in [-0.2, 0) is 4.74 Å². The van der Waals surface area contributed by atoms with Crippen molar-refractivity contribution in [2.75, 3.05) is 19.8 Å². The standard InChI is InChI=1S/C18H19NO2/c20-18(19-12-14-9-10-21-13-14)17-8-4-7-16(11-17)15-5-2-1-3-6-15/h1-8,11,14H,9-10,12-13H2,(H,19,20)/t14-/m0/s1. The van der Waals surface area contributed by atoms with Crippen LogP contribution in [0, 0.1) is 5.92 Å². The fourth-order valence-electron chi connectivity index (χ4n) is 2.55. The van der Waals surface area contributed by atoms with Crippen molar-refractivity contribution < 1.29 is 9.53 Å². The smallest absolute Gasteiger partial charge is 0.251 e. The second-order valence-electron chi connectivity index (χ2n) is 5.39. The third-order valence-electron chi connectivity index (χ3n) is 3.81. The molecule has 0 unspecified atom stereocenters. The molecule has 2 aromatic rings. The van der Waals surface area contributed by atoms with Crippen LogP contribution in [0.15, 0.2) is 54.6 Å². The fraction of sp³-hybridized carbons (Fsp3) is 0.278. The lowest BCUT2D eigenvalue weighted by atomic mass is 10.0. The van der Waals surface area contributed by atoms with Gasteiger partial charge in [-0.1, -0.05) is 42.5 Å². The van der Waals surface area contributed by atoms with Crippen LogP contribution in [0.3, 0.4) is 0 Å². The Balaban J connectivity index is 1.69. The third kappa shape index (κ3) is 3.50. The molecule has 2 aromatic carbocycles. The van der Waals surface area contributed by atoms with Crippen LogP contribution in [0.1, 0.15) is 16.8 Å². The van der Waals surface area contributed by atoms with E-state index < -0.39 is 0 Å². The Kier molecular flexibility index (Phi) is 4.31. The summed E-state index contributed by atoms with van der Waals surface area (Å²) in [6, 6.07) is 17.8. The lowest BCUT2D eigenvalue weighted by Crippen LogP contribution is -2.29. The topological polar surface area (TPSA) is 38.3 Å². The predicted molar refractivity (Wildman–Crippen MR) is 83.1 cm³/mol. The van der Waals surface area contributed by atoms with E-state index in [1.54, 1.807) is 0 Å². The van der Waals surface area contributed by atoms with Crippen molar-refractivity contribution >= 4 is 5.91 Å². The SMILES string of the molecule is O=C(NC[C@@H]1CCOC1)c1cccc(-c2ccccc2)c1. The molecule has 0 radical (unpaired) electrons. The van der Waals surface area contributed by atoms with E-state index in [4.69, 9.17) is 4.74 Å². The number of carbonyl (C=O) groups excluding carboxylic acids is 1. The summed E-state index contributed by atoms with van der Waals surface area (Å²) in [5, 5.41) is 3.00. The fourth-order valence-corrected chi connectivity index (χ4v) is 2.55. The number of ether oxygens (including phenoxy) is 1. The molecular formula is C18H19NO2. The molecule has 1 saturated heterocycles. The van der Waals surface area contributed by atoms with Gasteiger partial charge in [0, 0.05) is 24.6 Å². The first-order valence-electron chi connectivity index (χ1n) is 7.34. The summed E-state index contributed by atoms with van der Waals surface area (Å²) in [5.41, 5.74) is 2.89.